The molecule has 0 atom stereocenters. The summed E-state index contributed by atoms with van der Waals surface area (Å²) in [6.07, 6.45) is 0. The van der Waals surface area contributed by atoms with E-state index in [-0.39, 0.29) is 11.7 Å². The molecule has 0 saturated heterocycles. The number of aromatic amines is 1. The van der Waals surface area contributed by atoms with Crippen molar-refractivity contribution >= 4 is 11.6 Å². The molecule has 4 nitrogen and oxygen atoms in total. The van der Waals surface area contributed by atoms with E-state index in [2.05, 4.69) is 4.98 Å². The minimum atomic E-state index is -1.04. The first-order valence-corrected chi connectivity index (χ1v) is 5.29. The molecule has 2 aromatic rings. The van der Waals surface area contributed by atoms with Gasteiger partial charge in [-0.3, -0.25) is 14.3 Å². The lowest BCUT2D eigenvalue weighted by Gasteiger charge is -2.05. The van der Waals surface area contributed by atoms with E-state index in [1.165, 1.54) is 6.07 Å². The Hall–Kier alpha value is -1.95. The number of halogens is 3. The van der Waals surface area contributed by atoms with Gasteiger partial charge in [-0.05, 0) is 17.7 Å². The van der Waals surface area contributed by atoms with Gasteiger partial charge in [-0.2, -0.15) is 0 Å². The van der Waals surface area contributed by atoms with Gasteiger partial charge in [0.05, 0.1) is 6.54 Å². The molecule has 1 heterocycles. The van der Waals surface area contributed by atoms with Crippen LogP contribution in [0.25, 0.3) is 0 Å². The minimum Gasteiger partial charge on any atom is -0.298 e. The highest BCUT2D eigenvalue weighted by Gasteiger charge is 2.07. The lowest BCUT2D eigenvalue weighted by molar-refractivity contribution is 0.506. The maximum Gasteiger partial charge on any atom is 0.329 e. The van der Waals surface area contributed by atoms with Crippen LogP contribution in [0.15, 0.2) is 33.9 Å². The van der Waals surface area contributed by atoms with Crippen LogP contribution in [0.1, 0.15) is 5.56 Å². The largest absolute Gasteiger partial charge is 0.329 e. The molecule has 1 N–H and O–H groups in total. The van der Waals surface area contributed by atoms with E-state index in [0.29, 0.717) is 5.56 Å². The van der Waals surface area contributed by atoms with Gasteiger partial charge >= 0.3 is 5.69 Å². The highest BCUT2D eigenvalue weighted by molar-refractivity contribution is 6.29. The van der Waals surface area contributed by atoms with Gasteiger partial charge in [-0.25, -0.2) is 13.6 Å². The monoisotopic (exact) mass is 272 g/mol. The van der Waals surface area contributed by atoms with E-state index in [0.717, 1.165) is 22.8 Å². The normalized spacial score (nSPS) is 10.6. The maximum absolute atomic E-state index is 13.0. The summed E-state index contributed by atoms with van der Waals surface area (Å²) < 4.78 is 26.5. The van der Waals surface area contributed by atoms with E-state index in [9.17, 15) is 18.4 Å². The molecule has 0 bridgehead atoms. The van der Waals surface area contributed by atoms with Crippen molar-refractivity contribution in [1.82, 2.24) is 9.55 Å². The molecule has 0 unspecified atom stereocenters. The number of benzene rings is 1. The van der Waals surface area contributed by atoms with Gasteiger partial charge in [0.25, 0.3) is 5.56 Å². The smallest absolute Gasteiger partial charge is 0.298 e. The Morgan fingerprint density at radius 2 is 1.89 bits per heavy atom. The standard InChI is InChI=1S/C11H7ClF2N2O2/c12-9-4-10(17)16(11(18)15-9)5-6-1-2-7(13)8(14)3-6/h1-4H,5H2,(H,15,18). The third kappa shape index (κ3) is 2.48. The van der Waals surface area contributed by atoms with Crippen molar-refractivity contribution in [2.24, 2.45) is 0 Å². The van der Waals surface area contributed by atoms with Crippen molar-refractivity contribution in [2.45, 2.75) is 6.54 Å². The summed E-state index contributed by atoms with van der Waals surface area (Å²) in [6, 6.07) is 4.18. The second kappa shape index (κ2) is 4.73. The lowest BCUT2D eigenvalue weighted by Crippen LogP contribution is -2.34. The molecule has 1 aromatic carbocycles. The van der Waals surface area contributed by atoms with Crippen molar-refractivity contribution in [3.63, 3.8) is 0 Å². The molecular formula is C11H7ClF2N2O2. The van der Waals surface area contributed by atoms with Crippen molar-refractivity contribution < 1.29 is 8.78 Å². The first-order chi connectivity index (χ1) is 8.47. The molecular weight excluding hydrogens is 266 g/mol. The van der Waals surface area contributed by atoms with Crippen LogP contribution in [0, 0.1) is 11.6 Å². The van der Waals surface area contributed by atoms with Gasteiger partial charge in [0.1, 0.15) is 5.15 Å². The molecule has 2 rings (SSSR count). The molecule has 0 aliphatic heterocycles. The molecule has 0 spiro atoms. The summed E-state index contributed by atoms with van der Waals surface area (Å²) in [6.45, 7) is -0.164. The summed E-state index contributed by atoms with van der Waals surface area (Å²) in [5, 5.41) is -0.0773. The van der Waals surface area contributed by atoms with E-state index in [1.807, 2.05) is 0 Å². The van der Waals surface area contributed by atoms with Crippen LogP contribution in [0.3, 0.4) is 0 Å². The van der Waals surface area contributed by atoms with Crippen LogP contribution in [-0.2, 0) is 6.54 Å². The zero-order valence-electron chi connectivity index (χ0n) is 8.91. The second-order valence-electron chi connectivity index (χ2n) is 3.60. The number of nitrogens with zero attached hydrogens (tertiary/aromatic N) is 1. The van der Waals surface area contributed by atoms with E-state index < -0.39 is 22.9 Å². The van der Waals surface area contributed by atoms with Gasteiger partial charge in [-0.15, -0.1) is 0 Å². The summed E-state index contributed by atoms with van der Waals surface area (Å²) in [7, 11) is 0. The molecule has 0 saturated carbocycles. The summed E-state index contributed by atoms with van der Waals surface area (Å²) in [4.78, 5) is 25.2. The van der Waals surface area contributed by atoms with E-state index >= 15 is 0 Å². The fourth-order valence-corrected chi connectivity index (χ4v) is 1.64. The predicted molar refractivity (Wildman–Crippen MR) is 61.8 cm³/mol. The van der Waals surface area contributed by atoms with Gasteiger partial charge in [0.2, 0.25) is 0 Å². The Kier molecular flexibility index (Phi) is 3.29. The third-order valence-corrected chi connectivity index (χ3v) is 2.52. The topological polar surface area (TPSA) is 54.9 Å². The molecule has 94 valence electrons. The highest BCUT2D eigenvalue weighted by Crippen LogP contribution is 2.09. The fourth-order valence-electron chi connectivity index (χ4n) is 1.46. The van der Waals surface area contributed by atoms with Crippen LogP contribution in [0.5, 0.6) is 0 Å². The first-order valence-electron chi connectivity index (χ1n) is 4.91. The first kappa shape index (κ1) is 12.5. The minimum absolute atomic E-state index is 0.0773. The summed E-state index contributed by atoms with van der Waals surface area (Å²) >= 11 is 5.49. The Morgan fingerprint density at radius 3 is 2.50 bits per heavy atom. The molecule has 1 aromatic heterocycles. The Morgan fingerprint density at radius 1 is 1.17 bits per heavy atom. The average molecular weight is 273 g/mol. The Balaban J connectivity index is 2.43. The number of nitrogens with one attached hydrogen (secondary N) is 1. The second-order valence-corrected chi connectivity index (χ2v) is 4.00. The Labute approximate surface area is 104 Å². The van der Waals surface area contributed by atoms with Gasteiger partial charge < -0.3 is 0 Å². The van der Waals surface area contributed by atoms with Gasteiger partial charge in [0.15, 0.2) is 11.6 Å². The number of hydrogen-bond acceptors (Lipinski definition) is 2. The fraction of sp³-hybridized carbons (Fsp3) is 0.0909. The zero-order valence-corrected chi connectivity index (χ0v) is 9.67. The van der Waals surface area contributed by atoms with E-state index in [4.69, 9.17) is 11.6 Å². The molecule has 0 aliphatic carbocycles. The van der Waals surface area contributed by atoms with Crippen LogP contribution >= 0.6 is 11.6 Å². The lowest BCUT2D eigenvalue weighted by atomic mass is 10.2. The number of hydrogen-bond donors (Lipinski definition) is 1. The molecule has 18 heavy (non-hydrogen) atoms. The van der Waals surface area contributed by atoms with Gasteiger partial charge in [-0.1, -0.05) is 17.7 Å². The van der Waals surface area contributed by atoms with Crippen LogP contribution in [0.4, 0.5) is 8.78 Å². The van der Waals surface area contributed by atoms with Crippen molar-refractivity contribution in [1.29, 1.82) is 0 Å². The number of aromatic nitrogens is 2. The maximum atomic E-state index is 13.0. The van der Waals surface area contributed by atoms with Crippen LogP contribution in [0.2, 0.25) is 5.15 Å². The quantitative estimate of drug-likeness (QED) is 0.843. The summed E-state index contributed by atoms with van der Waals surface area (Å²) in [5.41, 5.74) is -1.03. The van der Waals surface area contributed by atoms with Crippen LogP contribution in [-0.4, -0.2) is 9.55 Å². The molecule has 0 amide bonds. The van der Waals surface area contributed by atoms with Crippen molar-refractivity contribution in [3.05, 3.63) is 67.5 Å². The average Bonchev–Trinajstić information content (AvgIpc) is 2.28. The molecule has 0 aliphatic rings. The molecule has 0 fully saturated rings. The van der Waals surface area contributed by atoms with Gasteiger partial charge in [0, 0.05) is 6.07 Å². The molecule has 7 heteroatoms. The highest BCUT2D eigenvalue weighted by atomic mass is 35.5. The Bertz CT molecular complexity index is 678. The third-order valence-electron chi connectivity index (χ3n) is 2.31. The SMILES string of the molecule is O=c1cc(Cl)[nH]c(=O)n1Cc1ccc(F)c(F)c1. The van der Waals surface area contributed by atoms with E-state index in [1.54, 1.807) is 0 Å². The zero-order chi connectivity index (χ0) is 13.3. The molecule has 0 radical (unpaired) electrons. The summed E-state index contributed by atoms with van der Waals surface area (Å²) in [5.74, 6) is -2.03. The number of H-pyrrole nitrogens is 1. The van der Waals surface area contributed by atoms with Crippen molar-refractivity contribution in [2.75, 3.05) is 0 Å². The van der Waals surface area contributed by atoms with Crippen molar-refractivity contribution in [3.8, 4) is 0 Å². The number of rotatable bonds is 2. The predicted octanol–water partition coefficient (Wildman–Crippen LogP) is 1.52. The van der Waals surface area contributed by atoms with Crippen LogP contribution < -0.4 is 11.2 Å².